The number of β-lactam (4-membered cyclic amide) rings is 1. The number of hydrogen-bond donors (Lipinski definition) is 6. The molecule has 3 aliphatic rings. The Labute approximate surface area is 325 Å². The molecule has 2 atom stereocenters. The number of carbonyl (C=O) groups is 6. The Kier molecular flexibility index (Phi) is 13.8. The molecule has 0 unspecified atom stereocenters. The number of likely N-dealkylation sites (tertiary alicyclic amines) is 1. The number of carboxylic acid groups (broad SMARTS) is 2. The fraction of sp³-hybridized carbons (Fsp3) is 0.286. The molecule has 0 aliphatic carbocycles. The van der Waals surface area contributed by atoms with Gasteiger partial charge in [0, 0.05) is 101 Å². The third kappa shape index (κ3) is 8.67. The van der Waals surface area contributed by atoms with Gasteiger partial charge in [-0.15, -0.1) is 23.1 Å². The van der Waals surface area contributed by atoms with Gasteiger partial charge in [0.2, 0.25) is 11.8 Å². The molecule has 2 radical (unpaired) electrons. The summed E-state index contributed by atoms with van der Waals surface area (Å²) in [4.78, 5) is 80.4. The third-order valence-electron chi connectivity index (χ3n) is 7.31. The van der Waals surface area contributed by atoms with Crippen LogP contribution in [0.5, 0.6) is 0 Å². The average Bonchev–Trinajstić information content (AvgIpc) is 3.60. The molecule has 2 saturated heterocycles. The monoisotopic (exact) mass is 715 g/mol. The summed E-state index contributed by atoms with van der Waals surface area (Å²) >= 11 is 2.25. The standard InChI is InChI=1S/C28H27N7O9S2.2Na/c29-28-31-17(12-46-28)20(33-44)23(39)32-21-25(41)35-22(27(42)43)15(11-45-26(21)35)9-14-7-8-34(24(14)40)10-13-1-3-16(4-2-13)30-18(36)5-6-19(37)38;;/h1-4,9,12,21,26,44H,5-8,10-11H2,(H2,29,31)(H,30,36)(H,32,39)(H,37,38)(H,42,43);;/t21-,26-;;/m1../s1. The Hall–Kier alpha value is -3.23. The summed E-state index contributed by atoms with van der Waals surface area (Å²) in [7, 11) is 0. The number of anilines is 2. The molecule has 0 bridgehead atoms. The first-order valence-electron chi connectivity index (χ1n) is 13.7. The molecule has 16 nitrogen and oxygen atoms in total. The number of nitrogens with one attached hydrogen (secondary N) is 2. The minimum atomic E-state index is -1.36. The van der Waals surface area contributed by atoms with Crippen molar-refractivity contribution in [1.29, 1.82) is 0 Å². The fourth-order valence-electron chi connectivity index (χ4n) is 5.09. The van der Waals surface area contributed by atoms with Crippen molar-refractivity contribution in [2.45, 2.75) is 37.2 Å². The van der Waals surface area contributed by atoms with E-state index in [0.29, 0.717) is 24.2 Å². The van der Waals surface area contributed by atoms with Crippen LogP contribution in [0.15, 0.2) is 57.7 Å². The number of amides is 4. The number of carboxylic acids is 2. The van der Waals surface area contributed by atoms with Gasteiger partial charge in [-0.3, -0.25) is 28.9 Å². The summed E-state index contributed by atoms with van der Waals surface area (Å²) in [5, 5.41) is 37.0. The molecule has 4 heterocycles. The van der Waals surface area contributed by atoms with Crippen molar-refractivity contribution in [3.63, 3.8) is 0 Å². The van der Waals surface area contributed by atoms with Crippen LogP contribution in [0.2, 0.25) is 0 Å². The molecule has 0 saturated carbocycles. The molecule has 242 valence electrons. The average molecular weight is 716 g/mol. The number of aromatic nitrogens is 1. The summed E-state index contributed by atoms with van der Waals surface area (Å²) in [6.07, 6.45) is 1.44. The van der Waals surface area contributed by atoms with Crippen LogP contribution in [-0.2, 0) is 35.3 Å². The molecule has 0 spiro atoms. The number of nitrogen functional groups attached to an aromatic ring is 1. The maximum Gasteiger partial charge on any atom is 0.352 e. The molecule has 20 heteroatoms. The Morgan fingerprint density at radius 1 is 1.10 bits per heavy atom. The summed E-state index contributed by atoms with van der Waals surface area (Å²) in [6.45, 7) is 0.656. The molecule has 7 N–H and O–H groups in total. The normalized spacial score (nSPS) is 19.6. The van der Waals surface area contributed by atoms with E-state index in [4.69, 9.17) is 10.8 Å². The van der Waals surface area contributed by atoms with Crippen LogP contribution >= 0.6 is 23.1 Å². The number of allylic oxidation sites excluding steroid dienone is 1. The first-order chi connectivity index (χ1) is 22.0. The molecule has 1 aromatic heterocycles. The maximum absolute atomic E-state index is 13.2. The number of oxime groups is 1. The molecular weight excluding hydrogens is 688 g/mol. The van der Waals surface area contributed by atoms with Crippen LogP contribution in [0.1, 0.15) is 30.5 Å². The quantitative estimate of drug-likeness (QED) is 0.0451. The second-order valence-electron chi connectivity index (χ2n) is 10.3. The van der Waals surface area contributed by atoms with Gasteiger partial charge in [-0.1, -0.05) is 17.3 Å². The summed E-state index contributed by atoms with van der Waals surface area (Å²) in [6, 6.07) is 5.68. The number of nitrogens with zero attached hydrogens (tertiary/aromatic N) is 4. The van der Waals surface area contributed by atoms with Crippen LogP contribution in [0.4, 0.5) is 10.8 Å². The van der Waals surface area contributed by atoms with E-state index in [0.717, 1.165) is 21.8 Å². The van der Waals surface area contributed by atoms with E-state index in [2.05, 4.69) is 20.8 Å². The zero-order chi connectivity index (χ0) is 33.1. The number of thioether (sulfide) groups is 1. The fourth-order valence-corrected chi connectivity index (χ4v) is 6.95. The number of aliphatic carboxylic acids is 2. The Morgan fingerprint density at radius 2 is 1.81 bits per heavy atom. The molecular formula is C28H27N7Na2O9S2. The SMILES string of the molecule is Nc1nc(C(=NO)C(=O)N[C@@H]2C(=O)N3C(C(=O)O)=C(C=C4CCN(Cc5ccc(NC(=O)CCC(=O)O)cc5)C4=O)CS[C@H]23)cs1.[Na].[Na]. The zero-order valence-corrected chi connectivity index (χ0v) is 31.5. The molecule has 5 rings (SSSR count). The largest absolute Gasteiger partial charge is 0.481 e. The molecule has 2 fully saturated rings. The zero-order valence-electron chi connectivity index (χ0n) is 25.8. The topological polar surface area (TPSA) is 245 Å². The van der Waals surface area contributed by atoms with Crippen molar-refractivity contribution in [3.8, 4) is 0 Å². The predicted octanol–water partition coefficient (Wildman–Crippen LogP) is 0.0428. The van der Waals surface area contributed by atoms with Crippen molar-refractivity contribution < 1.29 is 44.2 Å². The first kappa shape index (κ1) is 39.2. The van der Waals surface area contributed by atoms with Crippen molar-refractivity contribution in [1.82, 2.24) is 20.1 Å². The Morgan fingerprint density at radius 3 is 2.42 bits per heavy atom. The second kappa shape index (κ2) is 16.9. The van der Waals surface area contributed by atoms with E-state index < -0.39 is 46.8 Å². The van der Waals surface area contributed by atoms with Gasteiger partial charge in [-0.25, -0.2) is 9.78 Å². The van der Waals surface area contributed by atoms with E-state index in [-0.39, 0.29) is 112 Å². The molecule has 3 aliphatic heterocycles. The number of hydrogen-bond acceptors (Lipinski definition) is 12. The van der Waals surface area contributed by atoms with Crippen LogP contribution in [0.25, 0.3) is 0 Å². The van der Waals surface area contributed by atoms with Crippen LogP contribution in [-0.4, -0.2) is 154 Å². The van der Waals surface area contributed by atoms with Crippen LogP contribution in [0, 0.1) is 0 Å². The number of benzene rings is 1. The van der Waals surface area contributed by atoms with Gasteiger partial charge in [0.25, 0.3) is 11.8 Å². The van der Waals surface area contributed by atoms with Gasteiger partial charge in [0.05, 0.1) is 6.42 Å². The van der Waals surface area contributed by atoms with Gasteiger partial charge in [-0.05, 0) is 35.8 Å². The van der Waals surface area contributed by atoms with Crippen LogP contribution < -0.4 is 16.4 Å². The second-order valence-corrected chi connectivity index (χ2v) is 12.3. The minimum absolute atomic E-state index is 0. The van der Waals surface area contributed by atoms with E-state index in [9.17, 15) is 39.1 Å². The molecule has 48 heavy (non-hydrogen) atoms. The van der Waals surface area contributed by atoms with Gasteiger partial charge >= 0.3 is 11.9 Å². The van der Waals surface area contributed by atoms with E-state index in [1.807, 2.05) is 0 Å². The number of nitrogens with two attached hydrogens (primary N) is 1. The smallest absolute Gasteiger partial charge is 0.352 e. The van der Waals surface area contributed by atoms with Crippen molar-refractivity contribution >= 4 is 134 Å². The number of fused-ring (bicyclic) bond motifs is 1. The molecule has 4 amide bonds. The summed E-state index contributed by atoms with van der Waals surface area (Å²) in [5.74, 6) is -4.53. The molecule has 2 aromatic rings. The van der Waals surface area contributed by atoms with E-state index >= 15 is 0 Å². The number of carbonyl (C=O) groups excluding carboxylic acids is 4. The first-order valence-corrected chi connectivity index (χ1v) is 15.7. The van der Waals surface area contributed by atoms with Gasteiger partial charge in [0.1, 0.15) is 22.8 Å². The van der Waals surface area contributed by atoms with Crippen molar-refractivity contribution in [2.24, 2.45) is 5.16 Å². The Balaban J connectivity index is 0.00000312. The molecule has 1 aromatic carbocycles. The van der Waals surface area contributed by atoms with Gasteiger partial charge in [0.15, 0.2) is 10.8 Å². The third-order valence-corrected chi connectivity index (χ3v) is 9.28. The van der Waals surface area contributed by atoms with E-state index in [1.54, 1.807) is 29.2 Å². The Bertz CT molecular complexity index is 1730. The van der Waals surface area contributed by atoms with Crippen LogP contribution in [0.3, 0.4) is 0 Å². The van der Waals surface area contributed by atoms with Gasteiger partial charge < -0.3 is 36.7 Å². The van der Waals surface area contributed by atoms with Crippen molar-refractivity contribution in [3.05, 3.63) is 63.8 Å². The number of thiazole rings is 1. The van der Waals surface area contributed by atoms with E-state index in [1.165, 1.54) is 23.2 Å². The summed E-state index contributed by atoms with van der Waals surface area (Å²) < 4.78 is 0. The minimum Gasteiger partial charge on any atom is -0.481 e. The maximum atomic E-state index is 13.2. The van der Waals surface area contributed by atoms with Crippen molar-refractivity contribution in [2.75, 3.05) is 23.3 Å². The van der Waals surface area contributed by atoms with Gasteiger partial charge in [-0.2, -0.15) is 0 Å². The summed E-state index contributed by atoms with van der Waals surface area (Å²) in [5.41, 5.74) is 6.83. The number of rotatable bonds is 11. The predicted molar refractivity (Wildman–Crippen MR) is 176 cm³/mol.